The molecule has 9 heteroatoms. The summed E-state index contributed by atoms with van der Waals surface area (Å²) in [7, 11) is -3.57. The molecule has 3 aromatic rings. The molecule has 0 unspecified atom stereocenters. The molecular formula is C20H16F2N2O3S2. The Bertz CT molecular complexity index is 1330. The lowest BCUT2D eigenvalue weighted by atomic mass is 10.2. The minimum Gasteiger partial charge on any atom is -0.302 e. The summed E-state index contributed by atoms with van der Waals surface area (Å²) in [5, 5.41) is -0.650. The van der Waals surface area contributed by atoms with Crippen LogP contribution in [0.3, 0.4) is 0 Å². The summed E-state index contributed by atoms with van der Waals surface area (Å²) < 4.78 is 54.0. The predicted octanol–water partition coefficient (Wildman–Crippen LogP) is 3.54. The van der Waals surface area contributed by atoms with Crippen LogP contribution in [-0.4, -0.2) is 24.1 Å². The van der Waals surface area contributed by atoms with E-state index >= 15 is 0 Å². The summed E-state index contributed by atoms with van der Waals surface area (Å²) in [5.41, 5.74) is 0.111. The van der Waals surface area contributed by atoms with Crippen LogP contribution in [0.15, 0.2) is 46.3 Å². The van der Waals surface area contributed by atoms with Gasteiger partial charge in [-0.2, -0.15) is 4.99 Å². The van der Waals surface area contributed by atoms with Crippen LogP contribution in [0.4, 0.5) is 8.78 Å². The number of carbonyl (C=O) groups excluding carboxylic acids is 1. The van der Waals surface area contributed by atoms with Gasteiger partial charge in [0.05, 0.1) is 26.9 Å². The van der Waals surface area contributed by atoms with Gasteiger partial charge in [0.25, 0.3) is 5.91 Å². The van der Waals surface area contributed by atoms with E-state index in [-0.39, 0.29) is 32.0 Å². The highest BCUT2D eigenvalue weighted by Crippen LogP contribution is 2.23. The highest BCUT2D eigenvalue weighted by atomic mass is 32.2. The van der Waals surface area contributed by atoms with Crippen LogP contribution in [0.25, 0.3) is 10.2 Å². The Morgan fingerprint density at radius 3 is 2.66 bits per heavy atom. The number of sulfone groups is 1. The van der Waals surface area contributed by atoms with E-state index in [1.54, 1.807) is 13.8 Å². The van der Waals surface area contributed by atoms with E-state index in [4.69, 9.17) is 6.42 Å². The number of carbonyl (C=O) groups is 1. The summed E-state index contributed by atoms with van der Waals surface area (Å²) in [4.78, 5) is 16.7. The minimum absolute atomic E-state index is 0.00880. The van der Waals surface area contributed by atoms with E-state index in [2.05, 4.69) is 10.9 Å². The Hall–Kier alpha value is -2.83. The molecule has 0 spiro atoms. The number of hydrogen-bond acceptors (Lipinski definition) is 4. The zero-order valence-electron chi connectivity index (χ0n) is 15.5. The van der Waals surface area contributed by atoms with Crippen molar-refractivity contribution in [2.75, 3.05) is 0 Å². The number of aromatic nitrogens is 1. The van der Waals surface area contributed by atoms with Crippen LogP contribution in [0.5, 0.6) is 0 Å². The van der Waals surface area contributed by atoms with Crippen molar-refractivity contribution in [3.8, 4) is 12.3 Å². The van der Waals surface area contributed by atoms with Gasteiger partial charge in [-0.05, 0) is 38.1 Å². The van der Waals surface area contributed by atoms with E-state index < -0.39 is 32.6 Å². The second-order valence-corrected chi connectivity index (χ2v) is 9.96. The van der Waals surface area contributed by atoms with Crippen LogP contribution in [-0.2, 0) is 16.4 Å². The number of halogens is 2. The fraction of sp³-hybridized carbons (Fsp3) is 0.200. The van der Waals surface area contributed by atoms with Crippen LogP contribution < -0.4 is 4.80 Å². The molecule has 0 N–H and O–H groups in total. The molecule has 3 rings (SSSR count). The third-order valence-corrected chi connectivity index (χ3v) is 7.35. The molecule has 0 fully saturated rings. The van der Waals surface area contributed by atoms with Gasteiger partial charge in [-0.1, -0.05) is 23.3 Å². The quantitative estimate of drug-likeness (QED) is 0.590. The number of terminal acetylenes is 1. The zero-order chi connectivity index (χ0) is 21.3. The molecule has 5 nitrogen and oxygen atoms in total. The first-order valence-electron chi connectivity index (χ1n) is 8.50. The van der Waals surface area contributed by atoms with Crippen molar-refractivity contribution in [3.05, 3.63) is 58.4 Å². The normalized spacial score (nSPS) is 12.5. The van der Waals surface area contributed by atoms with Crippen molar-refractivity contribution in [3.63, 3.8) is 0 Å². The third-order valence-electron chi connectivity index (χ3n) is 4.17. The molecule has 1 aromatic heterocycles. The van der Waals surface area contributed by atoms with Crippen LogP contribution in [0, 0.1) is 24.0 Å². The summed E-state index contributed by atoms with van der Waals surface area (Å²) in [6, 6.07) is 7.41. The Morgan fingerprint density at radius 2 is 2.00 bits per heavy atom. The Kier molecular flexibility index (Phi) is 5.68. The topological polar surface area (TPSA) is 68.5 Å². The SMILES string of the molecule is C#CCn1c(=NC(=O)c2cccc(S(=O)(=O)C(C)C)c2)sc2cc(F)cc(F)c21. The molecule has 0 atom stereocenters. The van der Waals surface area contributed by atoms with Gasteiger partial charge in [-0.25, -0.2) is 17.2 Å². The van der Waals surface area contributed by atoms with Gasteiger partial charge < -0.3 is 4.57 Å². The van der Waals surface area contributed by atoms with Gasteiger partial charge >= 0.3 is 0 Å². The largest absolute Gasteiger partial charge is 0.302 e. The highest BCUT2D eigenvalue weighted by Gasteiger charge is 2.20. The standard InChI is InChI=1S/C20H16F2N2O3S2/c1-4-8-24-18-16(22)10-14(21)11-17(18)28-20(24)23-19(25)13-6-5-7-15(9-13)29(26,27)12(2)3/h1,5-7,9-12H,8H2,2-3H3. The second-order valence-electron chi connectivity index (χ2n) is 6.45. The van der Waals surface area contributed by atoms with E-state index in [9.17, 15) is 22.0 Å². The van der Waals surface area contributed by atoms with Gasteiger partial charge in [0.1, 0.15) is 5.82 Å². The Morgan fingerprint density at radius 1 is 1.28 bits per heavy atom. The highest BCUT2D eigenvalue weighted by molar-refractivity contribution is 7.92. The lowest BCUT2D eigenvalue weighted by Crippen LogP contribution is -2.17. The number of benzene rings is 2. The monoisotopic (exact) mass is 434 g/mol. The van der Waals surface area contributed by atoms with Crippen LogP contribution >= 0.6 is 11.3 Å². The maximum Gasteiger partial charge on any atom is 0.279 e. The van der Waals surface area contributed by atoms with E-state index in [0.717, 1.165) is 23.5 Å². The smallest absolute Gasteiger partial charge is 0.279 e. The molecule has 0 saturated carbocycles. The summed E-state index contributed by atoms with van der Waals surface area (Å²) in [5.74, 6) is 0.0687. The second kappa shape index (κ2) is 7.89. The lowest BCUT2D eigenvalue weighted by Gasteiger charge is -2.08. The number of hydrogen-bond donors (Lipinski definition) is 0. The first-order chi connectivity index (χ1) is 13.6. The molecule has 0 aliphatic rings. The molecule has 150 valence electrons. The molecule has 0 aliphatic heterocycles. The van der Waals surface area contributed by atoms with Crippen molar-refractivity contribution in [2.45, 2.75) is 30.5 Å². The molecule has 1 amide bonds. The van der Waals surface area contributed by atoms with E-state index in [1.165, 1.54) is 28.8 Å². The summed E-state index contributed by atoms with van der Waals surface area (Å²) >= 11 is 0.911. The van der Waals surface area contributed by atoms with Gasteiger partial charge in [0.2, 0.25) is 0 Å². The van der Waals surface area contributed by atoms with E-state index in [1.807, 2.05) is 0 Å². The van der Waals surface area contributed by atoms with Gasteiger partial charge in [0, 0.05) is 11.6 Å². The zero-order valence-corrected chi connectivity index (χ0v) is 17.2. The van der Waals surface area contributed by atoms with Crippen LogP contribution in [0.1, 0.15) is 24.2 Å². The van der Waals surface area contributed by atoms with Crippen molar-refractivity contribution >= 4 is 37.3 Å². The van der Waals surface area contributed by atoms with Crippen molar-refractivity contribution in [2.24, 2.45) is 4.99 Å². The number of nitrogens with zero attached hydrogens (tertiary/aromatic N) is 2. The molecular weight excluding hydrogens is 418 g/mol. The first kappa shape index (κ1) is 20.9. The average Bonchev–Trinajstić information content (AvgIpc) is 2.99. The molecule has 1 heterocycles. The Balaban J connectivity index is 2.15. The van der Waals surface area contributed by atoms with Crippen molar-refractivity contribution in [1.82, 2.24) is 4.57 Å². The number of fused-ring (bicyclic) bond motifs is 1. The maximum atomic E-state index is 14.2. The third kappa shape index (κ3) is 3.99. The molecule has 0 saturated heterocycles. The maximum absolute atomic E-state index is 14.2. The molecule has 0 radical (unpaired) electrons. The van der Waals surface area contributed by atoms with Crippen molar-refractivity contribution < 1.29 is 22.0 Å². The molecule has 29 heavy (non-hydrogen) atoms. The van der Waals surface area contributed by atoms with Crippen LogP contribution in [0.2, 0.25) is 0 Å². The lowest BCUT2D eigenvalue weighted by molar-refractivity contribution is 0.0997. The number of rotatable bonds is 4. The van der Waals surface area contributed by atoms with E-state index in [0.29, 0.717) is 0 Å². The van der Waals surface area contributed by atoms with Gasteiger partial charge in [-0.3, -0.25) is 4.79 Å². The molecule has 0 aliphatic carbocycles. The van der Waals surface area contributed by atoms with Gasteiger partial charge in [-0.15, -0.1) is 6.42 Å². The van der Waals surface area contributed by atoms with Gasteiger partial charge in [0.15, 0.2) is 20.5 Å². The summed E-state index contributed by atoms with van der Waals surface area (Å²) in [6.07, 6.45) is 5.34. The summed E-state index contributed by atoms with van der Waals surface area (Å²) in [6.45, 7) is 3.01. The number of amides is 1. The average molecular weight is 434 g/mol. The fourth-order valence-electron chi connectivity index (χ4n) is 2.68. The molecule has 0 bridgehead atoms. The minimum atomic E-state index is -3.57. The van der Waals surface area contributed by atoms with Crippen molar-refractivity contribution in [1.29, 1.82) is 0 Å². The number of thiazole rings is 1. The first-order valence-corrected chi connectivity index (χ1v) is 10.9. The Labute approximate surface area is 170 Å². The fourth-order valence-corrected chi connectivity index (χ4v) is 4.85. The molecule has 2 aromatic carbocycles. The predicted molar refractivity (Wildman–Crippen MR) is 107 cm³/mol.